The Hall–Kier alpha value is -0.580. The van der Waals surface area contributed by atoms with Gasteiger partial charge in [0.15, 0.2) is 0 Å². The van der Waals surface area contributed by atoms with E-state index in [0.717, 1.165) is 36.7 Å². The third kappa shape index (κ3) is 2.96. The Morgan fingerprint density at radius 2 is 2.21 bits per heavy atom. The molecule has 2 aliphatic heterocycles. The van der Waals surface area contributed by atoms with E-state index in [0.29, 0.717) is 24.4 Å². The number of halogens is 1. The van der Waals surface area contributed by atoms with E-state index in [2.05, 4.69) is 10.2 Å². The van der Waals surface area contributed by atoms with Gasteiger partial charge in [-0.3, -0.25) is 4.79 Å². The second-order valence-corrected chi connectivity index (χ2v) is 7.18. The van der Waals surface area contributed by atoms with Crippen LogP contribution in [0.3, 0.4) is 0 Å². The minimum absolute atomic E-state index is 0.320. The summed E-state index contributed by atoms with van der Waals surface area (Å²) in [4.78, 5) is 15.8. The Morgan fingerprint density at radius 3 is 3.00 bits per heavy atom. The maximum atomic E-state index is 12.5. The number of fused-ring (bicyclic) bond motifs is 2. The van der Waals surface area contributed by atoms with Gasteiger partial charge in [-0.25, -0.2) is 0 Å². The fraction of sp³-hybridized carbons (Fsp3) is 0.643. The van der Waals surface area contributed by atoms with E-state index >= 15 is 0 Å². The van der Waals surface area contributed by atoms with Crippen molar-refractivity contribution in [1.29, 1.82) is 0 Å². The second kappa shape index (κ2) is 5.81. The van der Waals surface area contributed by atoms with Crippen molar-refractivity contribution in [3.8, 4) is 0 Å². The summed E-state index contributed by atoms with van der Waals surface area (Å²) in [7, 11) is 0. The zero-order valence-electron chi connectivity index (χ0n) is 10.9. The molecule has 0 aromatic carbocycles. The molecule has 3 nitrogen and oxygen atoms in total. The molecule has 19 heavy (non-hydrogen) atoms. The first-order chi connectivity index (χ1) is 9.24. The highest BCUT2D eigenvalue weighted by Crippen LogP contribution is 2.29. The number of rotatable bonds is 3. The van der Waals surface area contributed by atoms with Crippen molar-refractivity contribution >= 4 is 28.8 Å². The topological polar surface area (TPSA) is 32.3 Å². The minimum atomic E-state index is 0.320. The van der Waals surface area contributed by atoms with Gasteiger partial charge in [-0.1, -0.05) is 11.6 Å². The molecule has 2 bridgehead atoms. The number of thiophene rings is 1. The number of carbonyl (C=O) groups excluding carboxylic acids is 1. The predicted octanol–water partition coefficient (Wildman–Crippen LogP) is 2.69. The predicted molar refractivity (Wildman–Crippen MR) is 78.8 cm³/mol. The standard InChI is InChI=1S/C14H19ClN2OS/c15-13-5-3-12(19-13)4-6-14(18)17-10-1-2-11(17)9-16-8-7-10/h3,5,10-11,16H,1-2,4,6-9H2. The van der Waals surface area contributed by atoms with E-state index in [1.807, 2.05) is 12.1 Å². The van der Waals surface area contributed by atoms with E-state index in [4.69, 9.17) is 11.6 Å². The lowest BCUT2D eigenvalue weighted by Crippen LogP contribution is -2.42. The highest BCUT2D eigenvalue weighted by molar-refractivity contribution is 7.16. The summed E-state index contributed by atoms with van der Waals surface area (Å²) in [6, 6.07) is 4.83. The van der Waals surface area contributed by atoms with Crippen molar-refractivity contribution < 1.29 is 4.79 Å². The maximum Gasteiger partial charge on any atom is 0.223 e. The molecular weight excluding hydrogens is 280 g/mol. The van der Waals surface area contributed by atoms with Crippen molar-refractivity contribution in [3.63, 3.8) is 0 Å². The van der Waals surface area contributed by atoms with Crippen molar-refractivity contribution in [2.45, 2.75) is 44.2 Å². The number of aryl methyl sites for hydroxylation is 1. The second-order valence-electron chi connectivity index (χ2n) is 5.38. The summed E-state index contributed by atoms with van der Waals surface area (Å²) in [5.41, 5.74) is 0. The molecule has 104 valence electrons. The van der Waals surface area contributed by atoms with E-state index < -0.39 is 0 Å². The van der Waals surface area contributed by atoms with Crippen LogP contribution in [0.4, 0.5) is 0 Å². The van der Waals surface area contributed by atoms with Crippen molar-refractivity contribution in [3.05, 3.63) is 21.3 Å². The summed E-state index contributed by atoms with van der Waals surface area (Å²) in [6.07, 6.45) is 4.88. The highest BCUT2D eigenvalue weighted by Gasteiger charge is 2.37. The molecular formula is C14H19ClN2OS. The molecule has 3 heterocycles. The van der Waals surface area contributed by atoms with Crippen molar-refractivity contribution in [2.24, 2.45) is 0 Å². The lowest BCUT2D eigenvalue weighted by Gasteiger charge is -2.27. The number of amides is 1. The molecule has 1 aromatic heterocycles. The molecule has 5 heteroatoms. The first kappa shape index (κ1) is 13.4. The van der Waals surface area contributed by atoms with E-state index in [1.54, 1.807) is 11.3 Å². The third-order valence-corrected chi connectivity index (χ3v) is 5.45. The number of hydrogen-bond acceptors (Lipinski definition) is 3. The van der Waals surface area contributed by atoms with Crippen LogP contribution in [0.25, 0.3) is 0 Å². The average molecular weight is 299 g/mol. The fourth-order valence-electron chi connectivity index (χ4n) is 3.23. The van der Waals surface area contributed by atoms with Gasteiger partial charge in [0, 0.05) is 29.9 Å². The molecule has 1 N–H and O–H groups in total. The monoisotopic (exact) mass is 298 g/mol. The highest BCUT2D eigenvalue weighted by atomic mass is 35.5. The number of nitrogens with zero attached hydrogens (tertiary/aromatic N) is 1. The third-order valence-electron chi connectivity index (χ3n) is 4.16. The van der Waals surface area contributed by atoms with Gasteiger partial charge in [-0.05, 0) is 44.4 Å². The maximum absolute atomic E-state index is 12.5. The van der Waals surface area contributed by atoms with E-state index in [1.165, 1.54) is 11.3 Å². The van der Waals surface area contributed by atoms with Crippen LogP contribution >= 0.6 is 22.9 Å². The van der Waals surface area contributed by atoms with Crippen LogP contribution in [0, 0.1) is 0 Å². The summed E-state index contributed by atoms with van der Waals surface area (Å²) >= 11 is 7.50. The zero-order valence-corrected chi connectivity index (χ0v) is 12.5. The lowest BCUT2D eigenvalue weighted by molar-refractivity contribution is -0.133. The summed E-state index contributed by atoms with van der Waals surface area (Å²) in [6.45, 7) is 2.01. The molecule has 1 aromatic rings. The van der Waals surface area contributed by atoms with E-state index in [9.17, 15) is 4.79 Å². The summed E-state index contributed by atoms with van der Waals surface area (Å²) in [5.74, 6) is 0.320. The van der Waals surface area contributed by atoms with Crippen LogP contribution in [0.1, 0.15) is 30.6 Å². The molecule has 2 unspecified atom stereocenters. The smallest absolute Gasteiger partial charge is 0.223 e. The first-order valence-corrected chi connectivity index (χ1v) is 8.19. The van der Waals surface area contributed by atoms with Crippen molar-refractivity contribution in [2.75, 3.05) is 13.1 Å². The number of carbonyl (C=O) groups is 1. The molecule has 2 atom stereocenters. The minimum Gasteiger partial charge on any atom is -0.335 e. The fourth-order valence-corrected chi connectivity index (χ4v) is 4.32. The molecule has 2 saturated heterocycles. The average Bonchev–Trinajstić information content (AvgIpc) is 2.89. The van der Waals surface area contributed by atoms with Crippen LogP contribution in [0.5, 0.6) is 0 Å². The molecule has 2 fully saturated rings. The van der Waals surface area contributed by atoms with Crippen LogP contribution in [0.15, 0.2) is 12.1 Å². The molecule has 1 amide bonds. The normalized spacial score (nSPS) is 26.5. The number of hydrogen-bond donors (Lipinski definition) is 1. The summed E-state index contributed by atoms with van der Waals surface area (Å²) in [5, 5.41) is 3.43. The molecule has 0 radical (unpaired) electrons. The molecule has 0 aliphatic carbocycles. The molecule has 0 spiro atoms. The Morgan fingerprint density at radius 1 is 1.37 bits per heavy atom. The quantitative estimate of drug-likeness (QED) is 0.930. The molecule has 0 saturated carbocycles. The van der Waals surface area contributed by atoms with Crippen LogP contribution in [0.2, 0.25) is 4.34 Å². The Balaban J connectivity index is 1.60. The first-order valence-electron chi connectivity index (χ1n) is 7.00. The van der Waals surface area contributed by atoms with Gasteiger partial charge in [0.05, 0.1) is 4.34 Å². The van der Waals surface area contributed by atoms with Gasteiger partial charge in [-0.2, -0.15) is 0 Å². The van der Waals surface area contributed by atoms with Gasteiger partial charge < -0.3 is 10.2 Å². The van der Waals surface area contributed by atoms with Gasteiger partial charge in [0.1, 0.15) is 0 Å². The van der Waals surface area contributed by atoms with Crippen LogP contribution in [-0.2, 0) is 11.2 Å². The van der Waals surface area contributed by atoms with Gasteiger partial charge in [-0.15, -0.1) is 11.3 Å². The Labute approximate surface area is 122 Å². The zero-order chi connectivity index (χ0) is 13.2. The van der Waals surface area contributed by atoms with Gasteiger partial charge in [0.25, 0.3) is 0 Å². The summed E-state index contributed by atoms with van der Waals surface area (Å²) < 4.78 is 0.807. The number of nitrogens with one attached hydrogen (secondary N) is 1. The van der Waals surface area contributed by atoms with E-state index in [-0.39, 0.29) is 0 Å². The Kier molecular flexibility index (Phi) is 4.10. The largest absolute Gasteiger partial charge is 0.335 e. The molecule has 2 aliphatic rings. The Bertz CT molecular complexity index is 448. The lowest BCUT2D eigenvalue weighted by atomic mass is 10.1. The van der Waals surface area contributed by atoms with Gasteiger partial charge >= 0.3 is 0 Å². The van der Waals surface area contributed by atoms with Crippen LogP contribution < -0.4 is 5.32 Å². The van der Waals surface area contributed by atoms with Crippen molar-refractivity contribution in [1.82, 2.24) is 10.2 Å². The SMILES string of the molecule is O=C(CCc1ccc(Cl)s1)N1C2CCNCC1CC2. The van der Waals surface area contributed by atoms with Gasteiger partial charge in [0.2, 0.25) is 5.91 Å². The van der Waals surface area contributed by atoms with Crippen LogP contribution in [-0.4, -0.2) is 36.0 Å². The molecule has 3 rings (SSSR count).